The third-order valence-electron chi connectivity index (χ3n) is 3.23. The van der Waals surface area contributed by atoms with Gasteiger partial charge in [-0.2, -0.15) is 0 Å². The summed E-state index contributed by atoms with van der Waals surface area (Å²) in [5, 5.41) is 3.26. The summed E-state index contributed by atoms with van der Waals surface area (Å²) >= 11 is 0. The van der Waals surface area contributed by atoms with Crippen molar-refractivity contribution in [2.24, 2.45) is 11.8 Å². The maximum absolute atomic E-state index is 11.5. The van der Waals surface area contributed by atoms with Crippen LogP contribution in [-0.2, 0) is 0 Å². The van der Waals surface area contributed by atoms with Crippen molar-refractivity contribution in [3.63, 3.8) is 0 Å². The minimum absolute atomic E-state index is 0.131. The minimum atomic E-state index is -0.131. The monoisotopic (exact) mass is 221 g/mol. The average Bonchev–Trinajstić information content (AvgIpc) is 2.20. The van der Waals surface area contributed by atoms with Crippen molar-refractivity contribution in [3.8, 4) is 0 Å². The zero-order valence-electron chi connectivity index (χ0n) is 9.86. The highest BCUT2D eigenvalue weighted by molar-refractivity contribution is 5.31. The molecule has 0 aromatic carbocycles. The predicted octanol–water partition coefficient (Wildman–Crippen LogP) is 2.01. The highest BCUT2D eigenvalue weighted by atomic mass is 16.1. The number of hydrogen-bond donors (Lipinski definition) is 2. The summed E-state index contributed by atoms with van der Waals surface area (Å²) in [5.41, 5.74) is -0.131. The topological polar surface area (TPSA) is 57.8 Å². The molecule has 0 bridgehead atoms. The molecule has 1 fully saturated rings. The fourth-order valence-electron chi connectivity index (χ4n) is 2.71. The van der Waals surface area contributed by atoms with Crippen LogP contribution >= 0.6 is 0 Å². The van der Waals surface area contributed by atoms with Crippen molar-refractivity contribution in [2.45, 2.75) is 39.2 Å². The molecule has 2 atom stereocenters. The first-order valence-corrected chi connectivity index (χ1v) is 5.95. The molecule has 2 rings (SSSR count). The number of H-pyrrole nitrogens is 1. The van der Waals surface area contributed by atoms with E-state index in [0.717, 1.165) is 24.7 Å². The summed E-state index contributed by atoms with van der Waals surface area (Å²) < 4.78 is 0. The zero-order valence-corrected chi connectivity index (χ0v) is 9.86. The Hall–Kier alpha value is -1.32. The molecule has 4 heteroatoms. The molecule has 0 radical (unpaired) electrons. The first kappa shape index (κ1) is 11.2. The second-order valence-corrected chi connectivity index (χ2v) is 5.03. The van der Waals surface area contributed by atoms with E-state index >= 15 is 0 Å². The third kappa shape index (κ3) is 2.62. The van der Waals surface area contributed by atoms with E-state index in [9.17, 15) is 4.79 Å². The second-order valence-electron chi connectivity index (χ2n) is 5.03. The van der Waals surface area contributed by atoms with Crippen molar-refractivity contribution in [3.05, 3.63) is 22.7 Å². The van der Waals surface area contributed by atoms with E-state index in [0.29, 0.717) is 11.9 Å². The van der Waals surface area contributed by atoms with Gasteiger partial charge in [0.2, 0.25) is 0 Å². The van der Waals surface area contributed by atoms with Crippen LogP contribution in [0.1, 0.15) is 33.1 Å². The van der Waals surface area contributed by atoms with Crippen LogP contribution in [0.15, 0.2) is 17.2 Å². The molecule has 0 saturated heterocycles. The van der Waals surface area contributed by atoms with E-state index in [1.54, 1.807) is 12.4 Å². The van der Waals surface area contributed by atoms with Crippen LogP contribution in [0, 0.1) is 11.8 Å². The van der Waals surface area contributed by atoms with Gasteiger partial charge in [0.05, 0.1) is 0 Å². The lowest BCUT2D eigenvalue weighted by molar-refractivity contribution is 0.280. The molecule has 2 unspecified atom stereocenters. The lowest BCUT2D eigenvalue weighted by Gasteiger charge is -2.31. The molecule has 1 aromatic rings. The lowest BCUT2D eigenvalue weighted by Crippen LogP contribution is -2.32. The minimum Gasteiger partial charge on any atom is -0.363 e. The predicted molar refractivity (Wildman–Crippen MR) is 64.4 cm³/mol. The van der Waals surface area contributed by atoms with Crippen LogP contribution in [0.5, 0.6) is 0 Å². The molecule has 2 N–H and O–H groups in total. The second kappa shape index (κ2) is 4.68. The highest BCUT2D eigenvalue weighted by Gasteiger charge is 2.24. The Morgan fingerprint density at radius 2 is 2.00 bits per heavy atom. The number of nitrogens with one attached hydrogen (secondary N) is 2. The van der Waals surface area contributed by atoms with Gasteiger partial charge in [0, 0.05) is 18.4 Å². The van der Waals surface area contributed by atoms with Crippen molar-refractivity contribution in [1.29, 1.82) is 0 Å². The van der Waals surface area contributed by atoms with Crippen molar-refractivity contribution in [2.75, 3.05) is 5.32 Å². The van der Waals surface area contributed by atoms with Gasteiger partial charge in [-0.25, -0.2) is 4.98 Å². The van der Waals surface area contributed by atoms with Gasteiger partial charge in [-0.3, -0.25) is 4.79 Å². The molecule has 88 valence electrons. The van der Waals surface area contributed by atoms with Gasteiger partial charge in [0.1, 0.15) is 0 Å². The van der Waals surface area contributed by atoms with E-state index in [2.05, 4.69) is 29.1 Å². The van der Waals surface area contributed by atoms with Crippen molar-refractivity contribution < 1.29 is 0 Å². The molecule has 1 aliphatic carbocycles. The summed E-state index contributed by atoms with van der Waals surface area (Å²) in [6.07, 6.45) is 6.70. The van der Waals surface area contributed by atoms with E-state index in [4.69, 9.17) is 0 Å². The summed E-state index contributed by atoms with van der Waals surface area (Å²) in [6, 6.07) is 0.384. The fraction of sp³-hybridized carbons (Fsp3) is 0.667. The van der Waals surface area contributed by atoms with Crippen LogP contribution in [0.3, 0.4) is 0 Å². The summed E-state index contributed by atoms with van der Waals surface area (Å²) in [4.78, 5) is 18.2. The largest absolute Gasteiger partial charge is 0.363 e. The van der Waals surface area contributed by atoms with Crippen LogP contribution in [0.25, 0.3) is 0 Å². The molecule has 0 amide bonds. The maximum atomic E-state index is 11.5. The number of rotatable bonds is 2. The fourth-order valence-corrected chi connectivity index (χ4v) is 2.71. The van der Waals surface area contributed by atoms with Gasteiger partial charge in [-0.15, -0.1) is 0 Å². The Morgan fingerprint density at radius 1 is 1.31 bits per heavy atom. The SMILES string of the molecule is CC1CC(C)CC(Nc2ncc[nH]c2=O)C1. The Kier molecular flexibility index (Phi) is 3.27. The number of aromatic amines is 1. The van der Waals surface area contributed by atoms with Gasteiger partial charge in [0.25, 0.3) is 5.56 Å². The maximum Gasteiger partial charge on any atom is 0.290 e. The zero-order chi connectivity index (χ0) is 11.5. The van der Waals surface area contributed by atoms with Crippen LogP contribution < -0.4 is 10.9 Å². The molecule has 1 aromatic heterocycles. The normalized spacial score (nSPS) is 30.0. The van der Waals surface area contributed by atoms with E-state index in [1.807, 2.05) is 0 Å². The summed E-state index contributed by atoms with van der Waals surface area (Å²) in [7, 11) is 0. The van der Waals surface area contributed by atoms with E-state index in [1.165, 1.54) is 6.42 Å². The first-order chi connectivity index (χ1) is 7.65. The molecule has 16 heavy (non-hydrogen) atoms. The standard InChI is InChI=1S/C12H19N3O/c1-8-5-9(2)7-10(6-8)15-11-12(16)14-4-3-13-11/h3-4,8-10H,5-7H2,1-2H3,(H,13,15)(H,14,16). The summed E-state index contributed by atoms with van der Waals surface area (Å²) in [5.74, 6) is 1.90. The van der Waals surface area contributed by atoms with E-state index < -0.39 is 0 Å². The lowest BCUT2D eigenvalue weighted by atomic mass is 9.80. The molecule has 4 nitrogen and oxygen atoms in total. The molecular weight excluding hydrogens is 202 g/mol. The van der Waals surface area contributed by atoms with Gasteiger partial charge < -0.3 is 10.3 Å². The van der Waals surface area contributed by atoms with Gasteiger partial charge in [-0.05, 0) is 31.1 Å². The van der Waals surface area contributed by atoms with Gasteiger partial charge in [-0.1, -0.05) is 13.8 Å². The quantitative estimate of drug-likeness (QED) is 0.803. The highest BCUT2D eigenvalue weighted by Crippen LogP contribution is 2.29. The van der Waals surface area contributed by atoms with Crippen molar-refractivity contribution in [1.82, 2.24) is 9.97 Å². The number of hydrogen-bond acceptors (Lipinski definition) is 3. The first-order valence-electron chi connectivity index (χ1n) is 5.95. The Morgan fingerprint density at radius 3 is 2.62 bits per heavy atom. The Balaban J connectivity index is 2.04. The number of anilines is 1. The third-order valence-corrected chi connectivity index (χ3v) is 3.23. The smallest absolute Gasteiger partial charge is 0.290 e. The van der Waals surface area contributed by atoms with Crippen molar-refractivity contribution >= 4 is 5.82 Å². The molecule has 1 saturated carbocycles. The van der Waals surface area contributed by atoms with Crippen LogP contribution in [0.4, 0.5) is 5.82 Å². The molecular formula is C12H19N3O. The molecule has 0 spiro atoms. The van der Waals surface area contributed by atoms with Gasteiger partial charge >= 0.3 is 0 Å². The Labute approximate surface area is 95.5 Å². The molecule has 1 heterocycles. The molecule has 1 aliphatic rings. The van der Waals surface area contributed by atoms with Crippen LogP contribution in [0.2, 0.25) is 0 Å². The number of nitrogens with zero attached hydrogens (tertiary/aromatic N) is 1. The Bertz CT molecular complexity index is 391. The van der Waals surface area contributed by atoms with Gasteiger partial charge in [0.15, 0.2) is 5.82 Å². The average molecular weight is 221 g/mol. The summed E-state index contributed by atoms with van der Waals surface area (Å²) in [6.45, 7) is 4.54. The van der Waals surface area contributed by atoms with E-state index in [-0.39, 0.29) is 5.56 Å². The molecule has 0 aliphatic heterocycles. The van der Waals surface area contributed by atoms with Crippen LogP contribution in [-0.4, -0.2) is 16.0 Å². The number of aromatic nitrogens is 2.